The molecule has 2 N–H and O–H groups in total. The lowest BCUT2D eigenvalue weighted by Gasteiger charge is -2.69. The zero-order chi connectivity index (χ0) is 32.1. The average Bonchev–Trinajstić information content (AvgIpc) is 3.40. The summed E-state index contributed by atoms with van der Waals surface area (Å²) < 4.78 is 37.7. The van der Waals surface area contributed by atoms with Gasteiger partial charge in [0, 0.05) is 76.5 Å². The Kier molecular flexibility index (Phi) is 7.48. The number of benzene rings is 1. The molecule has 45 heavy (non-hydrogen) atoms. The predicted octanol–water partition coefficient (Wildman–Crippen LogP) is 1.68. The number of methoxy groups -OCH3 is 4. The Hall–Kier alpha value is -2.12. The van der Waals surface area contributed by atoms with Gasteiger partial charge in [0.25, 0.3) is 0 Å². The SMILES string of the molecule is CCN1C[C@]2(COC)CCC(OC)[C@@]34[C@@H]5C[C@]6(O)[C@H](OC(=O)c7ccccc7)[C@@H]5[C@@](OC(C)=O)([C@@H]([C@H](OC)[C@H]23)[C@@H]14)[C@@H](O)[C@@H]6OC. The van der Waals surface area contributed by atoms with Crippen LogP contribution in [-0.2, 0) is 33.2 Å². The molecule has 1 aromatic rings. The van der Waals surface area contributed by atoms with Crippen molar-refractivity contribution < 1.29 is 48.2 Å². The molecule has 5 saturated carbocycles. The number of ether oxygens (including phenoxy) is 6. The predicted molar refractivity (Wildman–Crippen MR) is 159 cm³/mol. The lowest BCUT2D eigenvalue weighted by Crippen LogP contribution is -2.80. The molecular weight excluding hydrogens is 582 g/mol. The normalized spacial score (nSPS) is 49.1. The molecule has 0 aromatic heterocycles. The van der Waals surface area contributed by atoms with Gasteiger partial charge in [-0.25, -0.2) is 4.79 Å². The van der Waals surface area contributed by atoms with Crippen LogP contribution in [-0.4, -0.2) is 123 Å². The number of hydrogen-bond acceptors (Lipinski definition) is 11. The fourth-order valence-corrected chi connectivity index (χ4v) is 12.4. The van der Waals surface area contributed by atoms with Gasteiger partial charge in [-0.1, -0.05) is 25.1 Å². The van der Waals surface area contributed by atoms with Crippen LogP contribution < -0.4 is 0 Å². The Labute approximate surface area is 264 Å². The van der Waals surface area contributed by atoms with Crippen molar-refractivity contribution in [2.24, 2.45) is 34.5 Å². The van der Waals surface area contributed by atoms with E-state index in [9.17, 15) is 19.8 Å². The third-order valence-electron chi connectivity index (χ3n) is 13.0. The van der Waals surface area contributed by atoms with E-state index in [-0.39, 0.29) is 35.8 Å². The number of piperidine rings is 1. The molecule has 6 fully saturated rings. The Bertz CT molecular complexity index is 1330. The van der Waals surface area contributed by atoms with Crippen LogP contribution >= 0.6 is 0 Å². The van der Waals surface area contributed by atoms with Crippen molar-refractivity contribution >= 4 is 11.9 Å². The molecule has 7 bridgehead atoms. The van der Waals surface area contributed by atoms with Gasteiger partial charge < -0.3 is 38.6 Å². The summed E-state index contributed by atoms with van der Waals surface area (Å²) in [7, 11) is 6.59. The van der Waals surface area contributed by atoms with Gasteiger partial charge in [-0.15, -0.1) is 0 Å². The summed E-state index contributed by atoms with van der Waals surface area (Å²) in [6, 6.07) is 8.42. The molecule has 1 spiro atoms. The molecule has 7 rings (SSSR count). The van der Waals surface area contributed by atoms with E-state index in [0.29, 0.717) is 18.7 Å². The summed E-state index contributed by atoms with van der Waals surface area (Å²) in [5, 5.41) is 25.3. The van der Waals surface area contributed by atoms with Crippen LogP contribution in [0.4, 0.5) is 0 Å². The van der Waals surface area contributed by atoms with Crippen LogP contribution in [0.3, 0.4) is 0 Å². The van der Waals surface area contributed by atoms with E-state index in [1.807, 2.05) is 6.07 Å². The van der Waals surface area contributed by atoms with E-state index in [0.717, 1.165) is 19.4 Å². The zero-order valence-electron chi connectivity index (χ0n) is 27.0. The van der Waals surface area contributed by atoms with Gasteiger partial charge in [0.15, 0.2) is 5.60 Å². The Morgan fingerprint density at radius 2 is 1.76 bits per heavy atom. The molecule has 1 heterocycles. The van der Waals surface area contributed by atoms with Crippen molar-refractivity contribution in [3.63, 3.8) is 0 Å². The van der Waals surface area contributed by atoms with Crippen molar-refractivity contribution in [2.75, 3.05) is 48.1 Å². The minimum Gasteiger partial charge on any atom is -0.455 e. The molecule has 1 aliphatic heterocycles. The standard InChI is InChI=1S/C34H47NO10/c1-7-35-16-31(17-40-3)14-13-21(41-4)33-20-15-32(39)28(44-30(38)19-11-9-8-10-12-19)22(20)34(45-18(2)36,27(37)29(32)43-6)23(26(33)35)24(42-5)25(31)33/h8-12,20-29,37,39H,7,13-17H2,1-6H3/t20-,21?,22-,23+,24+,25-,26-,27+,28-,29+,31+,32+,33+,34-/m1/s1. The molecular formula is C34H47NO10. The van der Waals surface area contributed by atoms with Crippen molar-refractivity contribution in [3.8, 4) is 0 Å². The summed E-state index contributed by atoms with van der Waals surface area (Å²) in [5.41, 5.74) is -3.92. The van der Waals surface area contributed by atoms with E-state index in [4.69, 9.17) is 28.4 Å². The number of carbonyl (C=O) groups excluding carboxylic acids is 2. The second kappa shape index (κ2) is 10.7. The van der Waals surface area contributed by atoms with Gasteiger partial charge in [-0.3, -0.25) is 9.69 Å². The van der Waals surface area contributed by atoms with E-state index < -0.39 is 64.8 Å². The maximum Gasteiger partial charge on any atom is 0.338 e. The molecule has 0 radical (unpaired) electrons. The van der Waals surface area contributed by atoms with Crippen LogP contribution in [0.2, 0.25) is 0 Å². The van der Waals surface area contributed by atoms with Crippen molar-refractivity contribution in [1.82, 2.24) is 4.90 Å². The van der Waals surface area contributed by atoms with Crippen LogP contribution in [0.1, 0.15) is 43.5 Å². The minimum atomic E-state index is -1.76. The first-order valence-electron chi connectivity index (χ1n) is 16.2. The van der Waals surface area contributed by atoms with Gasteiger partial charge in [-0.2, -0.15) is 0 Å². The summed E-state index contributed by atoms with van der Waals surface area (Å²) in [6.07, 6.45) is -2.64. The molecule has 6 aliphatic rings. The molecule has 11 heteroatoms. The summed E-state index contributed by atoms with van der Waals surface area (Å²) in [4.78, 5) is 29.4. The van der Waals surface area contributed by atoms with E-state index in [1.54, 1.807) is 45.6 Å². The fraction of sp³-hybridized carbons (Fsp3) is 0.765. The number of nitrogens with zero attached hydrogens (tertiary/aromatic N) is 1. The van der Waals surface area contributed by atoms with Gasteiger partial charge in [0.1, 0.15) is 23.9 Å². The fourth-order valence-electron chi connectivity index (χ4n) is 12.4. The number of carbonyl (C=O) groups is 2. The first-order chi connectivity index (χ1) is 21.6. The second-order valence-corrected chi connectivity index (χ2v) is 14.3. The van der Waals surface area contributed by atoms with Crippen molar-refractivity contribution in [1.29, 1.82) is 0 Å². The maximum absolute atomic E-state index is 13.7. The highest BCUT2D eigenvalue weighted by molar-refractivity contribution is 5.89. The van der Waals surface area contributed by atoms with E-state index >= 15 is 0 Å². The van der Waals surface area contributed by atoms with Gasteiger partial charge in [0.2, 0.25) is 0 Å². The van der Waals surface area contributed by atoms with E-state index in [1.165, 1.54) is 14.0 Å². The molecule has 5 aliphatic carbocycles. The van der Waals surface area contributed by atoms with Crippen molar-refractivity contribution in [3.05, 3.63) is 35.9 Å². The smallest absolute Gasteiger partial charge is 0.338 e. The Balaban J connectivity index is 1.52. The number of esters is 2. The number of hydrogen-bond donors (Lipinski definition) is 2. The topological polar surface area (TPSA) is 133 Å². The number of fused-ring (bicyclic) bond motifs is 2. The quantitative estimate of drug-likeness (QED) is 0.387. The van der Waals surface area contributed by atoms with Gasteiger partial charge in [-0.05, 0) is 43.9 Å². The highest BCUT2D eigenvalue weighted by Gasteiger charge is 2.91. The lowest BCUT2D eigenvalue weighted by molar-refractivity contribution is -0.317. The first kappa shape index (κ1) is 31.5. The Morgan fingerprint density at radius 1 is 1.02 bits per heavy atom. The summed E-state index contributed by atoms with van der Waals surface area (Å²) >= 11 is 0. The van der Waals surface area contributed by atoms with Crippen LogP contribution in [0.5, 0.6) is 0 Å². The van der Waals surface area contributed by atoms with Gasteiger partial charge in [0.05, 0.1) is 24.4 Å². The van der Waals surface area contributed by atoms with E-state index in [2.05, 4.69) is 11.8 Å². The van der Waals surface area contributed by atoms with Gasteiger partial charge >= 0.3 is 11.9 Å². The molecule has 14 atom stereocenters. The third kappa shape index (κ3) is 3.66. The number of aliphatic hydroxyl groups is 2. The monoisotopic (exact) mass is 629 g/mol. The largest absolute Gasteiger partial charge is 0.455 e. The number of aliphatic hydroxyl groups excluding tert-OH is 1. The molecule has 11 nitrogen and oxygen atoms in total. The lowest BCUT2D eigenvalue weighted by atomic mass is 9.43. The number of likely N-dealkylation sites (tertiary alicyclic amines) is 1. The number of rotatable bonds is 9. The zero-order valence-corrected chi connectivity index (χ0v) is 27.0. The minimum absolute atomic E-state index is 0.101. The molecule has 1 unspecified atom stereocenters. The third-order valence-corrected chi connectivity index (χ3v) is 13.0. The van der Waals surface area contributed by atoms with Crippen LogP contribution in [0, 0.1) is 34.5 Å². The molecule has 248 valence electrons. The highest BCUT2D eigenvalue weighted by atomic mass is 16.6. The van der Waals surface area contributed by atoms with Crippen LogP contribution in [0.25, 0.3) is 0 Å². The molecule has 1 aromatic carbocycles. The Morgan fingerprint density at radius 3 is 2.36 bits per heavy atom. The molecule has 1 saturated heterocycles. The van der Waals surface area contributed by atoms with Crippen molar-refractivity contribution in [2.45, 2.75) is 80.9 Å². The molecule has 0 amide bonds. The highest BCUT2D eigenvalue weighted by Crippen LogP contribution is 2.80. The first-order valence-corrected chi connectivity index (χ1v) is 16.2. The average molecular weight is 630 g/mol. The maximum atomic E-state index is 13.7. The second-order valence-electron chi connectivity index (χ2n) is 14.3. The van der Waals surface area contributed by atoms with Crippen LogP contribution in [0.15, 0.2) is 30.3 Å². The summed E-state index contributed by atoms with van der Waals surface area (Å²) in [6.45, 7) is 5.44. The summed E-state index contributed by atoms with van der Waals surface area (Å²) in [5.74, 6) is -2.95.